The molecule has 1 aromatic carbocycles. The molecule has 0 aromatic heterocycles. The predicted octanol–water partition coefficient (Wildman–Crippen LogP) is 2.45. The Bertz CT molecular complexity index is 625. The number of aryl methyl sites for hydroxylation is 1. The van der Waals surface area contributed by atoms with E-state index in [9.17, 15) is 13.2 Å². The van der Waals surface area contributed by atoms with Crippen LogP contribution < -0.4 is 0 Å². The predicted molar refractivity (Wildman–Crippen MR) is 83.4 cm³/mol. The van der Waals surface area contributed by atoms with Crippen molar-refractivity contribution in [3.63, 3.8) is 0 Å². The van der Waals surface area contributed by atoms with Crippen molar-refractivity contribution in [2.45, 2.75) is 38.5 Å². The molecule has 1 heterocycles. The second kappa shape index (κ2) is 6.48. The van der Waals surface area contributed by atoms with E-state index in [1.807, 2.05) is 20.8 Å². The first kappa shape index (κ1) is 17.1. The summed E-state index contributed by atoms with van der Waals surface area (Å²) in [5, 5.41) is 0. The van der Waals surface area contributed by atoms with E-state index >= 15 is 0 Å². The van der Waals surface area contributed by atoms with E-state index in [0.29, 0.717) is 32.5 Å². The second-order valence-corrected chi connectivity index (χ2v) is 7.99. The lowest BCUT2D eigenvalue weighted by molar-refractivity contribution is -1.08. The van der Waals surface area contributed by atoms with Crippen molar-refractivity contribution in [3.8, 4) is 0 Å². The van der Waals surface area contributed by atoms with Crippen LogP contribution in [-0.2, 0) is 19.2 Å². The average molecular weight is 326 g/mol. The zero-order valence-corrected chi connectivity index (χ0v) is 14.2. The highest BCUT2D eigenvalue weighted by molar-refractivity contribution is 7.86. The first-order valence-corrected chi connectivity index (χ1v) is 9.04. The van der Waals surface area contributed by atoms with Crippen LogP contribution in [-0.4, -0.2) is 38.5 Å². The summed E-state index contributed by atoms with van der Waals surface area (Å²) >= 11 is 0. The molecule has 0 bridgehead atoms. The molecule has 1 aromatic rings. The highest BCUT2D eigenvalue weighted by Crippen LogP contribution is 2.25. The molecule has 5 nitrogen and oxygen atoms in total. The fraction of sp³-hybridized carbons (Fsp3) is 0.562. The lowest BCUT2D eigenvalue weighted by Gasteiger charge is -2.37. The van der Waals surface area contributed by atoms with Gasteiger partial charge in [-0.2, -0.15) is 13.1 Å². The van der Waals surface area contributed by atoms with Gasteiger partial charge in [0.1, 0.15) is 25.4 Å². The van der Waals surface area contributed by atoms with Crippen LogP contribution in [0.15, 0.2) is 29.2 Å². The van der Waals surface area contributed by atoms with Crippen LogP contribution in [0, 0.1) is 12.8 Å². The SMILES string of the molecule is Cc1ccc(S(=O)(=O)O[N+]2(CC(C)C)CCC(=O)CC2)cc1. The molecule has 0 unspecified atom stereocenters. The first-order valence-electron chi connectivity index (χ1n) is 7.63. The molecule has 0 radical (unpaired) electrons. The highest BCUT2D eigenvalue weighted by atomic mass is 32.2. The Balaban J connectivity index is 2.26. The Morgan fingerprint density at radius 3 is 2.18 bits per heavy atom. The number of ketones is 1. The van der Waals surface area contributed by atoms with Gasteiger partial charge in [0.25, 0.3) is 0 Å². The third-order valence-electron chi connectivity index (χ3n) is 3.86. The van der Waals surface area contributed by atoms with Gasteiger partial charge in [-0.3, -0.25) is 4.79 Å². The Morgan fingerprint density at radius 2 is 1.68 bits per heavy atom. The van der Waals surface area contributed by atoms with Crippen molar-refractivity contribution in [2.75, 3.05) is 19.6 Å². The lowest BCUT2D eigenvalue weighted by atomic mass is 10.1. The summed E-state index contributed by atoms with van der Waals surface area (Å²) in [6.07, 6.45) is 0.742. The van der Waals surface area contributed by atoms with Crippen molar-refractivity contribution < 1.29 is 22.1 Å². The van der Waals surface area contributed by atoms with E-state index in [1.54, 1.807) is 24.3 Å². The number of rotatable bonds is 5. The number of hydrogen-bond acceptors (Lipinski definition) is 4. The van der Waals surface area contributed by atoms with Crippen LogP contribution in [0.1, 0.15) is 32.3 Å². The first-order chi connectivity index (χ1) is 10.2. The van der Waals surface area contributed by atoms with Crippen molar-refractivity contribution in [2.24, 2.45) is 5.92 Å². The third kappa shape index (κ3) is 4.15. The highest BCUT2D eigenvalue weighted by Gasteiger charge is 2.41. The molecule has 2 rings (SSSR count). The van der Waals surface area contributed by atoms with Gasteiger partial charge in [0, 0.05) is 5.92 Å². The van der Waals surface area contributed by atoms with Crippen LogP contribution in [0.3, 0.4) is 0 Å². The number of hydroxylamine groups is 3. The quantitative estimate of drug-likeness (QED) is 0.780. The van der Waals surface area contributed by atoms with Crippen molar-refractivity contribution in [1.29, 1.82) is 0 Å². The standard InChI is InChI=1S/C16H24NO4S/c1-13(2)12-17(10-8-15(18)9-11-17)21-22(19,20)16-6-4-14(3)5-7-16/h4-7,13H,8-12H2,1-3H3/q+1. The molecule has 0 atom stereocenters. The fourth-order valence-electron chi connectivity index (χ4n) is 2.80. The number of Topliss-reactive ketones (excluding diaryl/α,β-unsaturated/α-hetero) is 1. The largest absolute Gasteiger partial charge is 0.342 e. The van der Waals surface area contributed by atoms with Crippen LogP contribution in [0.2, 0.25) is 0 Å². The molecule has 1 saturated heterocycles. The number of piperidine rings is 1. The molecule has 0 amide bonds. The van der Waals surface area contributed by atoms with Gasteiger partial charge in [-0.1, -0.05) is 35.8 Å². The van der Waals surface area contributed by atoms with Gasteiger partial charge in [-0.15, -0.1) is 0 Å². The van der Waals surface area contributed by atoms with Crippen molar-refractivity contribution in [3.05, 3.63) is 29.8 Å². The molecule has 0 aliphatic carbocycles. The Labute approximate surface area is 132 Å². The number of hydrogen-bond donors (Lipinski definition) is 0. The molecule has 1 fully saturated rings. The summed E-state index contributed by atoms with van der Waals surface area (Å²) in [7, 11) is -3.84. The van der Waals surface area contributed by atoms with E-state index in [0.717, 1.165) is 5.56 Å². The maximum atomic E-state index is 12.6. The number of nitrogens with zero attached hydrogens (tertiary/aromatic N) is 1. The van der Waals surface area contributed by atoms with E-state index in [-0.39, 0.29) is 21.2 Å². The molecule has 122 valence electrons. The van der Waals surface area contributed by atoms with Crippen molar-refractivity contribution in [1.82, 2.24) is 0 Å². The number of likely N-dealkylation sites (tertiary alicyclic amines) is 1. The molecular weight excluding hydrogens is 302 g/mol. The minimum atomic E-state index is -3.84. The van der Waals surface area contributed by atoms with E-state index in [2.05, 4.69) is 0 Å². The van der Waals surface area contributed by atoms with Gasteiger partial charge in [-0.25, -0.2) is 0 Å². The normalized spacial score (nSPS) is 18.6. The maximum absolute atomic E-state index is 12.6. The zero-order chi connectivity index (χ0) is 16.4. The van der Waals surface area contributed by atoms with Gasteiger partial charge >= 0.3 is 10.1 Å². The van der Waals surface area contributed by atoms with E-state index in [4.69, 9.17) is 4.28 Å². The number of quaternary nitrogens is 1. The van der Waals surface area contributed by atoms with Gasteiger partial charge in [0.15, 0.2) is 0 Å². The summed E-state index contributed by atoms with van der Waals surface area (Å²) in [5.41, 5.74) is 0.994. The molecule has 1 aliphatic rings. The number of benzene rings is 1. The molecule has 0 N–H and O–H groups in total. The molecule has 0 spiro atoms. The molecule has 6 heteroatoms. The van der Waals surface area contributed by atoms with Gasteiger partial charge < -0.3 is 0 Å². The Kier molecular flexibility index (Phi) is 5.04. The van der Waals surface area contributed by atoms with Crippen molar-refractivity contribution >= 4 is 15.9 Å². The summed E-state index contributed by atoms with van der Waals surface area (Å²) in [5.74, 6) is 0.454. The summed E-state index contributed by atoms with van der Waals surface area (Å²) in [4.78, 5) is 11.7. The van der Waals surface area contributed by atoms with E-state index in [1.165, 1.54) is 0 Å². The van der Waals surface area contributed by atoms with Gasteiger partial charge in [0.05, 0.1) is 17.7 Å². The summed E-state index contributed by atoms with van der Waals surface area (Å²) < 4.78 is 30.7. The zero-order valence-electron chi connectivity index (χ0n) is 13.4. The second-order valence-electron chi connectivity index (χ2n) is 6.46. The molecule has 0 saturated carbocycles. The number of carbonyl (C=O) groups excluding carboxylic acids is 1. The van der Waals surface area contributed by atoms with Gasteiger partial charge in [0.2, 0.25) is 0 Å². The average Bonchev–Trinajstić information content (AvgIpc) is 2.41. The topological polar surface area (TPSA) is 60.4 Å². The maximum Gasteiger partial charge on any atom is 0.342 e. The van der Waals surface area contributed by atoms with Crippen LogP contribution >= 0.6 is 0 Å². The number of carbonyl (C=O) groups is 1. The van der Waals surface area contributed by atoms with Crippen LogP contribution in [0.4, 0.5) is 0 Å². The smallest absolute Gasteiger partial charge is 0.299 e. The van der Waals surface area contributed by atoms with Crippen LogP contribution in [0.5, 0.6) is 0 Å². The Morgan fingerprint density at radius 1 is 1.14 bits per heavy atom. The Hall–Kier alpha value is -1.24. The van der Waals surface area contributed by atoms with Crippen LogP contribution in [0.25, 0.3) is 0 Å². The van der Waals surface area contributed by atoms with Gasteiger partial charge in [-0.05, 0) is 19.1 Å². The monoisotopic (exact) mass is 326 g/mol. The third-order valence-corrected chi connectivity index (χ3v) is 5.22. The van der Waals surface area contributed by atoms with E-state index < -0.39 is 10.1 Å². The molecular formula is C16H24NO4S+. The lowest BCUT2D eigenvalue weighted by Crippen LogP contribution is -2.55. The molecule has 22 heavy (non-hydrogen) atoms. The fourth-order valence-corrected chi connectivity index (χ4v) is 3.98. The molecule has 1 aliphatic heterocycles. The summed E-state index contributed by atoms with van der Waals surface area (Å²) in [6, 6.07) is 6.63. The minimum absolute atomic E-state index is 0.0135. The summed E-state index contributed by atoms with van der Waals surface area (Å²) in [6.45, 7) is 7.37. The minimum Gasteiger partial charge on any atom is -0.299 e.